The van der Waals surface area contributed by atoms with E-state index >= 15 is 0 Å². The van der Waals surface area contributed by atoms with Crippen LogP contribution in [-0.2, 0) is 9.59 Å². The molecule has 2 saturated carbocycles. The van der Waals surface area contributed by atoms with E-state index in [1.807, 2.05) is 0 Å². The summed E-state index contributed by atoms with van der Waals surface area (Å²) in [5.74, 6) is 1.26. The van der Waals surface area contributed by atoms with Gasteiger partial charge in [-0.05, 0) is 57.3 Å². The molecule has 0 heterocycles. The fourth-order valence-corrected chi connectivity index (χ4v) is 3.83. The molecule has 5 nitrogen and oxygen atoms in total. The minimum Gasteiger partial charge on any atom is -0.353 e. The molecule has 5 N–H and O–H groups in total. The van der Waals surface area contributed by atoms with Crippen LogP contribution in [0.2, 0.25) is 0 Å². The number of Topliss-reactive ketones (excluding diaryl/α,β-unsaturated/α-hetero) is 1. The van der Waals surface area contributed by atoms with Crippen LogP contribution in [0.3, 0.4) is 0 Å². The van der Waals surface area contributed by atoms with Gasteiger partial charge in [0.25, 0.3) is 0 Å². The van der Waals surface area contributed by atoms with Crippen LogP contribution >= 0.6 is 0 Å². The number of nitrogens with one attached hydrogen (secondary N) is 1. The van der Waals surface area contributed by atoms with Crippen molar-refractivity contribution in [2.24, 2.45) is 23.3 Å². The summed E-state index contributed by atoms with van der Waals surface area (Å²) in [7, 11) is 0. The van der Waals surface area contributed by atoms with E-state index in [0.29, 0.717) is 30.7 Å². The van der Waals surface area contributed by atoms with Gasteiger partial charge in [0.2, 0.25) is 5.91 Å². The quantitative estimate of drug-likeness (QED) is 0.692. The zero-order valence-corrected chi connectivity index (χ0v) is 13.6. The molecule has 0 radical (unpaired) electrons. The first-order valence-electron chi connectivity index (χ1n) is 8.86. The van der Waals surface area contributed by atoms with Gasteiger partial charge in [-0.3, -0.25) is 9.59 Å². The highest BCUT2D eigenvalue weighted by Crippen LogP contribution is 2.31. The van der Waals surface area contributed by atoms with Gasteiger partial charge in [-0.25, -0.2) is 0 Å². The summed E-state index contributed by atoms with van der Waals surface area (Å²) < 4.78 is 0. The largest absolute Gasteiger partial charge is 0.353 e. The molecule has 0 aliphatic heterocycles. The lowest BCUT2D eigenvalue weighted by Gasteiger charge is -2.31. The fraction of sp³-hybridized carbons (Fsp3) is 0.882. The number of ketones is 1. The van der Waals surface area contributed by atoms with Crippen LogP contribution in [0.15, 0.2) is 0 Å². The highest BCUT2D eigenvalue weighted by Gasteiger charge is 2.28. The van der Waals surface area contributed by atoms with Crippen LogP contribution in [0.1, 0.15) is 64.2 Å². The molecule has 2 rings (SSSR count). The molecule has 0 unspecified atom stereocenters. The zero-order valence-electron chi connectivity index (χ0n) is 13.6. The highest BCUT2D eigenvalue weighted by atomic mass is 16.1. The Morgan fingerprint density at radius 1 is 0.955 bits per heavy atom. The van der Waals surface area contributed by atoms with Crippen LogP contribution < -0.4 is 16.8 Å². The second-order valence-corrected chi connectivity index (χ2v) is 7.11. The summed E-state index contributed by atoms with van der Waals surface area (Å²) >= 11 is 0. The van der Waals surface area contributed by atoms with Crippen molar-refractivity contribution in [3.8, 4) is 0 Å². The molecule has 5 heteroatoms. The maximum Gasteiger partial charge on any atom is 0.221 e. The third-order valence-electron chi connectivity index (χ3n) is 5.30. The van der Waals surface area contributed by atoms with Gasteiger partial charge >= 0.3 is 0 Å². The Balaban J connectivity index is 1.66. The predicted molar refractivity (Wildman–Crippen MR) is 87.1 cm³/mol. The second-order valence-electron chi connectivity index (χ2n) is 7.11. The van der Waals surface area contributed by atoms with Gasteiger partial charge in [0.1, 0.15) is 5.78 Å². The van der Waals surface area contributed by atoms with E-state index in [0.717, 1.165) is 57.8 Å². The first-order valence-corrected chi connectivity index (χ1v) is 8.86. The molecule has 0 spiro atoms. The van der Waals surface area contributed by atoms with E-state index in [1.54, 1.807) is 0 Å². The van der Waals surface area contributed by atoms with E-state index in [1.165, 1.54) is 0 Å². The van der Waals surface area contributed by atoms with E-state index < -0.39 is 0 Å². The molecule has 22 heavy (non-hydrogen) atoms. The molecule has 2 aliphatic rings. The Morgan fingerprint density at radius 2 is 1.59 bits per heavy atom. The molecular weight excluding hydrogens is 278 g/mol. The van der Waals surface area contributed by atoms with Crippen LogP contribution in [0, 0.1) is 11.8 Å². The molecule has 0 aromatic rings. The third kappa shape index (κ3) is 5.36. The summed E-state index contributed by atoms with van der Waals surface area (Å²) in [5, 5.41) is 3.04. The molecule has 0 atom stereocenters. The maximum absolute atomic E-state index is 12.4. The van der Waals surface area contributed by atoms with Crippen molar-refractivity contribution in [3.05, 3.63) is 0 Å². The molecular formula is C17H31N3O2. The summed E-state index contributed by atoms with van der Waals surface area (Å²) in [6, 6.07) is 0.578. The Labute approximate surface area is 133 Å². The maximum atomic E-state index is 12.4. The number of hydrogen-bond donors (Lipinski definition) is 3. The van der Waals surface area contributed by atoms with E-state index in [9.17, 15) is 9.59 Å². The van der Waals surface area contributed by atoms with Crippen molar-refractivity contribution in [1.82, 2.24) is 5.32 Å². The van der Waals surface area contributed by atoms with Crippen molar-refractivity contribution in [2.75, 3.05) is 6.54 Å². The lowest BCUT2D eigenvalue weighted by Crippen LogP contribution is -2.38. The monoisotopic (exact) mass is 309 g/mol. The van der Waals surface area contributed by atoms with E-state index in [4.69, 9.17) is 11.5 Å². The lowest BCUT2D eigenvalue weighted by atomic mass is 9.77. The number of carbonyl (C=O) groups excluding carboxylic acids is 2. The van der Waals surface area contributed by atoms with Crippen molar-refractivity contribution >= 4 is 11.7 Å². The van der Waals surface area contributed by atoms with Gasteiger partial charge in [-0.1, -0.05) is 0 Å². The SMILES string of the molecule is NCCC(=O)NC1CCC(CC(=O)C2CCC(N)CC2)CC1. The minimum absolute atomic E-state index is 0.0561. The molecule has 2 fully saturated rings. The van der Waals surface area contributed by atoms with Gasteiger partial charge in [0.15, 0.2) is 0 Å². The molecule has 0 bridgehead atoms. The molecule has 0 aromatic carbocycles. The average molecular weight is 309 g/mol. The first kappa shape index (κ1) is 17.4. The van der Waals surface area contributed by atoms with Crippen LogP contribution in [-0.4, -0.2) is 30.3 Å². The Hall–Kier alpha value is -0.940. The standard InChI is InChI=1S/C17H31N3O2/c18-10-9-17(22)20-15-7-1-12(2-8-15)11-16(21)13-3-5-14(19)6-4-13/h12-15H,1-11,18-19H2,(H,20,22). The Bertz CT molecular complexity index is 370. The molecule has 126 valence electrons. The second kappa shape index (κ2) is 8.63. The van der Waals surface area contributed by atoms with Gasteiger partial charge in [0.05, 0.1) is 0 Å². The summed E-state index contributed by atoms with van der Waals surface area (Å²) in [6.07, 6.45) is 9.15. The lowest BCUT2D eigenvalue weighted by molar-refractivity contribution is -0.125. The Morgan fingerprint density at radius 3 is 2.18 bits per heavy atom. The van der Waals surface area contributed by atoms with Crippen molar-refractivity contribution in [1.29, 1.82) is 0 Å². The number of hydrogen-bond acceptors (Lipinski definition) is 4. The van der Waals surface area contributed by atoms with Crippen molar-refractivity contribution in [3.63, 3.8) is 0 Å². The van der Waals surface area contributed by atoms with Crippen molar-refractivity contribution < 1.29 is 9.59 Å². The van der Waals surface area contributed by atoms with Gasteiger partial charge in [-0.15, -0.1) is 0 Å². The van der Waals surface area contributed by atoms with Crippen LogP contribution in [0.5, 0.6) is 0 Å². The summed E-state index contributed by atoms with van der Waals surface area (Å²) in [6.45, 7) is 0.403. The molecule has 1 amide bonds. The predicted octanol–water partition coefficient (Wildman–Crippen LogP) is 1.49. The minimum atomic E-state index is 0.0561. The number of rotatable bonds is 6. The van der Waals surface area contributed by atoms with Crippen molar-refractivity contribution in [2.45, 2.75) is 76.3 Å². The normalized spacial score (nSPS) is 32.5. The number of amides is 1. The first-order chi connectivity index (χ1) is 10.6. The molecule has 2 aliphatic carbocycles. The Kier molecular flexibility index (Phi) is 6.83. The van der Waals surface area contributed by atoms with E-state index in [-0.39, 0.29) is 17.9 Å². The topological polar surface area (TPSA) is 98.2 Å². The van der Waals surface area contributed by atoms with Gasteiger partial charge in [0, 0.05) is 37.4 Å². The molecule has 0 saturated heterocycles. The zero-order chi connectivity index (χ0) is 15.9. The summed E-state index contributed by atoms with van der Waals surface area (Å²) in [4.78, 5) is 23.9. The van der Waals surface area contributed by atoms with E-state index in [2.05, 4.69) is 5.32 Å². The smallest absolute Gasteiger partial charge is 0.221 e. The highest BCUT2D eigenvalue weighted by molar-refractivity contribution is 5.81. The van der Waals surface area contributed by atoms with Crippen LogP contribution in [0.4, 0.5) is 0 Å². The number of nitrogens with two attached hydrogens (primary N) is 2. The van der Waals surface area contributed by atoms with Crippen LogP contribution in [0.25, 0.3) is 0 Å². The van der Waals surface area contributed by atoms with Gasteiger partial charge < -0.3 is 16.8 Å². The molecule has 0 aromatic heterocycles. The number of carbonyl (C=O) groups is 2. The summed E-state index contributed by atoms with van der Waals surface area (Å²) in [5.41, 5.74) is 11.3. The third-order valence-corrected chi connectivity index (χ3v) is 5.30. The average Bonchev–Trinajstić information content (AvgIpc) is 2.50. The van der Waals surface area contributed by atoms with Gasteiger partial charge in [-0.2, -0.15) is 0 Å². The fourth-order valence-electron chi connectivity index (χ4n) is 3.83.